The van der Waals surface area contributed by atoms with Crippen molar-refractivity contribution in [2.24, 2.45) is 0 Å². The maximum atomic E-state index is 12.7. The van der Waals surface area contributed by atoms with Gasteiger partial charge in [0.1, 0.15) is 5.75 Å². The molecule has 0 aliphatic heterocycles. The van der Waals surface area contributed by atoms with Crippen LogP contribution in [0, 0.1) is 0 Å². The minimum Gasteiger partial charge on any atom is -0.495 e. The quantitative estimate of drug-likeness (QED) is 0.826. The average Bonchev–Trinajstić information content (AvgIpc) is 3.43. The van der Waals surface area contributed by atoms with Crippen LogP contribution in [0.2, 0.25) is 5.02 Å². The predicted molar refractivity (Wildman–Crippen MR) is 96.5 cm³/mol. The van der Waals surface area contributed by atoms with Crippen LogP contribution in [0.1, 0.15) is 18.4 Å². The number of nitrogens with one attached hydrogen (secondary N) is 1. The largest absolute Gasteiger partial charge is 0.495 e. The zero-order valence-electron chi connectivity index (χ0n) is 13.7. The number of hydrogen-bond acceptors (Lipinski definition) is 3. The molecule has 1 aliphatic carbocycles. The van der Waals surface area contributed by atoms with E-state index in [4.69, 9.17) is 16.3 Å². The first-order valence-corrected chi connectivity index (χ1v) is 8.46. The summed E-state index contributed by atoms with van der Waals surface area (Å²) in [6.45, 7) is 0.874. The van der Waals surface area contributed by atoms with Gasteiger partial charge in [0.05, 0.1) is 19.3 Å². The molecule has 1 amide bonds. The number of carbonyl (C=O) groups excluding carboxylic acids is 1. The van der Waals surface area contributed by atoms with E-state index >= 15 is 0 Å². The summed E-state index contributed by atoms with van der Waals surface area (Å²) >= 11 is 6.03. The third kappa shape index (κ3) is 4.20. The van der Waals surface area contributed by atoms with Gasteiger partial charge < -0.3 is 15.0 Å². The van der Waals surface area contributed by atoms with Crippen molar-refractivity contribution in [1.29, 1.82) is 0 Å². The fourth-order valence-electron chi connectivity index (χ4n) is 2.68. The van der Waals surface area contributed by atoms with Crippen molar-refractivity contribution < 1.29 is 9.53 Å². The van der Waals surface area contributed by atoms with E-state index < -0.39 is 0 Å². The number of benzene rings is 2. The molecular weight excluding hydrogens is 324 g/mol. The molecule has 1 aliphatic rings. The Kier molecular flexibility index (Phi) is 5.26. The summed E-state index contributed by atoms with van der Waals surface area (Å²) in [5.74, 6) is 0.761. The van der Waals surface area contributed by atoms with Crippen molar-refractivity contribution in [2.75, 3.05) is 19.0 Å². The Balaban J connectivity index is 1.65. The third-order valence-electron chi connectivity index (χ3n) is 4.10. The summed E-state index contributed by atoms with van der Waals surface area (Å²) in [5.41, 5.74) is 1.88. The van der Waals surface area contributed by atoms with Crippen LogP contribution < -0.4 is 10.1 Å². The predicted octanol–water partition coefficient (Wildman–Crippen LogP) is 3.95. The van der Waals surface area contributed by atoms with Crippen molar-refractivity contribution in [3.8, 4) is 5.75 Å². The van der Waals surface area contributed by atoms with Gasteiger partial charge in [0.25, 0.3) is 0 Å². The number of hydrogen-bond donors (Lipinski definition) is 1. The van der Waals surface area contributed by atoms with Crippen molar-refractivity contribution in [1.82, 2.24) is 4.90 Å². The second-order valence-corrected chi connectivity index (χ2v) is 6.37. The van der Waals surface area contributed by atoms with E-state index in [-0.39, 0.29) is 12.5 Å². The maximum Gasteiger partial charge on any atom is 0.242 e. The van der Waals surface area contributed by atoms with Crippen molar-refractivity contribution in [3.05, 3.63) is 59.1 Å². The smallest absolute Gasteiger partial charge is 0.242 e. The molecule has 3 rings (SSSR count). The second kappa shape index (κ2) is 7.58. The van der Waals surface area contributed by atoms with E-state index in [1.807, 2.05) is 23.1 Å². The van der Waals surface area contributed by atoms with Crippen LogP contribution in [0.5, 0.6) is 5.75 Å². The minimum absolute atomic E-state index is 0.0865. The van der Waals surface area contributed by atoms with E-state index in [0.717, 1.165) is 24.1 Å². The molecule has 0 aromatic heterocycles. The van der Waals surface area contributed by atoms with Crippen LogP contribution in [-0.4, -0.2) is 30.5 Å². The molecule has 0 unspecified atom stereocenters. The fraction of sp³-hybridized carbons (Fsp3) is 0.316. The van der Waals surface area contributed by atoms with Crippen LogP contribution in [0.25, 0.3) is 0 Å². The lowest BCUT2D eigenvalue weighted by Crippen LogP contribution is -2.36. The van der Waals surface area contributed by atoms with Gasteiger partial charge in [-0.25, -0.2) is 0 Å². The Morgan fingerprint density at radius 2 is 2.00 bits per heavy atom. The normalized spacial score (nSPS) is 13.4. The number of halogens is 1. The van der Waals surface area contributed by atoms with Crippen molar-refractivity contribution >= 4 is 23.2 Å². The standard InChI is InChI=1S/C19H21ClN2O2/c1-24-18-10-7-15(20)11-17(18)21-12-19(23)22(16-8-9-16)13-14-5-3-2-4-6-14/h2-7,10-11,16,21H,8-9,12-13H2,1H3. The highest BCUT2D eigenvalue weighted by Gasteiger charge is 2.32. The van der Waals surface area contributed by atoms with Crippen LogP contribution >= 0.6 is 11.6 Å². The van der Waals surface area contributed by atoms with Crippen molar-refractivity contribution in [2.45, 2.75) is 25.4 Å². The Labute approximate surface area is 147 Å². The lowest BCUT2D eigenvalue weighted by Gasteiger charge is -2.23. The van der Waals surface area contributed by atoms with E-state index in [2.05, 4.69) is 17.4 Å². The summed E-state index contributed by atoms with van der Waals surface area (Å²) in [4.78, 5) is 14.6. The molecule has 0 heterocycles. The highest BCUT2D eigenvalue weighted by atomic mass is 35.5. The molecule has 2 aromatic carbocycles. The van der Waals surface area contributed by atoms with Gasteiger partial charge in [0, 0.05) is 17.6 Å². The van der Waals surface area contributed by atoms with E-state index in [1.54, 1.807) is 25.3 Å². The Bertz CT molecular complexity index is 702. The second-order valence-electron chi connectivity index (χ2n) is 5.94. The number of carbonyl (C=O) groups is 1. The highest BCUT2D eigenvalue weighted by Crippen LogP contribution is 2.30. The molecule has 1 fully saturated rings. The SMILES string of the molecule is COc1ccc(Cl)cc1NCC(=O)N(Cc1ccccc1)C1CC1. The topological polar surface area (TPSA) is 41.6 Å². The summed E-state index contributed by atoms with van der Waals surface area (Å²) in [7, 11) is 1.60. The first-order chi connectivity index (χ1) is 11.7. The van der Waals surface area contributed by atoms with Crippen LogP contribution in [-0.2, 0) is 11.3 Å². The number of anilines is 1. The minimum atomic E-state index is 0.0865. The molecule has 0 radical (unpaired) electrons. The van der Waals surface area contributed by atoms with Crippen LogP contribution in [0.3, 0.4) is 0 Å². The van der Waals surface area contributed by atoms with Gasteiger partial charge in [-0.3, -0.25) is 4.79 Å². The molecule has 0 atom stereocenters. The monoisotopic (exact) mass is 344 g/mol. The van der Waals surface area contributed by atoms with Gasteiger partial charge in [-0.05, 0) is 36.6 Å². The van der Waals surface area contributed by atoms with Gasteiger partial charge in [-0.15, -0.1) is 0 Å². The van der Waals surface area contributed by atoms with Gasteiger partial charge in [-0.1, -0.05) is 41.9 Å². The molecule has 5 heteroatoms. The lowest BCUT2D eigenvalue weighted by atomic mass is 10.2. The first kappa shape index (κ1) is 16.7. The lowest BCUT2D eigenvalue weighted by molar-refractivity contribution is -0.130. The maximum absolute atomic E-state index is 12.7. The summed E-state index contributed by atoms with van der Waals surface area (Å²) < 4.78 is 5.30. The Hall–Kier alpha value is -2.20. The molecule has 1 saturated carbocycles. The molecule has 0 bridgehead atoms. The van der Waals surface area contributed by atoms with Gasteiger partial charge in [0.2, 0.25) is 5.91 Å². The zero-order chi connectivity index (χ0) is 16.9. The number of amides is 1. The first-order valence-electron chi connectivity index (χ1n) is 8.08. The van der Waals surface area contributed by atoms with Crippen molar-refractivity contribution in [3.63, 3.8) is 0 Å². The molecule has 24 heavy (non-hydrogen) atoms. The summed E-state index contributed by atoms with van der Waals surface area (Å²) in [6.07, 6.45) is 2.16. The third-order valence-corrected chi connectivity index (χ3v) is 4.33. The van der Waals surface area contributed by atoms with Crippen LogP contribution in [0.4, 0.5) is 5.69 Å². The van der Waals surface area contributed by atoms with E-state index in [0.29, 0.717) is 23.4 Å². The number of methoxy groups -OCH3 is 1. The molecule has 0 spiro atoms. The molecule has 0 saturated heterocycles. The molecule has 126 valence electrons. The summed E-state index contributed by atoms with van der Waals surface area (Å²) in [6, 6.07) is 15.8. The van der Waals surface area contributed by atoms with Gasteiger partial charge in [-0.2, -0.15) is 0 Å². The highest BCUT2D eigenvalue weighted by molar-refractivity contribution is 6.30. The molecule has 1 N–H and O–H groups in total. The molecular formula is C19H21ClN2O2. The summed E-state index contributed by atoms with van der Waals surface area (Å²) in [5, 5.41) is 3.76. The Morgan fingerprint density at radius 3 is 2.67 bits per heavy atom. The van der Waals surface area contributed by atoms with Gasteiger partial charge in [0.15, 0.2) is 0 Å². The number of rotatable bonds is 7. The molecule has 2 aromatic rings. The fourth-order valence-corrected chi connectivity index (χ4v) is 2.85. The van der Waals surface area contributed by atoms with Gasteiger partial charge >= 0.3 is 0 Å². The van der Waals surface area contributed by atoms with E-state index in [9.17, 15) is 4.79 Å². The van der Waals surface area contributed by atoms with Crippen LogP contribution in [0.15, 0.2) is 48.5 Å². The number of nitrogens with zero attached hydrogens (tertiary/aromatic N) is 1. The molecule has 4 nitrogen and oxygen atoms in total. The Morgan fingerprint density at radius 1 is 1.25 bits per heavy atom. The number of ether oxygens (including phenoxy) is 1. The van der Waals surface area contributed by atoms with E-state index in [1.165, 1.54) is 0 Å². The average molecular weight is 345 g/mol. The zero-order valence-corrected chi connectivity index (χ0v) is 14.4.